The van der Waals surface area contributed by atoms with Gasteiger partial charge in [0.25, 0.3) is 0 Å². The van der Waals surface area contributed by atoms with E-state index in [2.05, 4.69) is 15.6 Å². The van der Waals surface area contributed by atoms with Crippen molar-refractivity contribution in [2.45, 2.75) is 13.1 Å². The molecule has 0 saturated heterocycles. The highest BCUT2D eigenvalue weighted by molar-refractivity contribution is 6.30. The Morgan fingerprint density at radius 2 is 1.81 bits per heavy atom. The van der Waals surface area contributed by atoms with Crippen LogP contribution in [0.4, 0.5) is 29.3 Å². The van der Waals surface area contributed by atoms with Crippen molar-refractivity contribution in [3.63, 3.8) is 0 Å². The molecule has 0 spiro atoms. The van der Waals surface area contributed by atoms with Gasteiger partial charge in [-0.05, 0) is 49.4 Å². The fourth-order valence-corrected chi connectivity index (χ4v) is 2.60. The number of anilines is 2. The van der Waals surface area contributed by atoms with Gasteiger partial charge in [-0.15, -0.1) is 0 Å². The molecule has 2 aromatic carbocycles. The van der Waals surface area contributed by atoms with Crippen molar-refractivity contribution >= 4 is 29.0 Å². The molecule has 5 nitrogen and oxygen atoms in total. The molecule has 140 valence electrons. The van der Waals surface area contributed by atoms with Crippen LogP contribution in [0, 0.1) is 6.92 Å². The standard InChI is InChI=1S/C18H14ClF3N4O/c1-11-23-8-9-26(11)16-7-2-12(18(20,21)22)10-15(16)25-17(27)24-14-5-3-13(19)4-6-14/h2-10H,1H3,(H2,24,25,27). The van der Waals surface area contributed by atoms with Crippen molar-refractivity contribution in [1.29, 1.82) is 0 Å². The molecule has 0 aliphatic heterocycles. The van der Waals surface area contributed by atoms with Crippen molar-refractivity contribution in [1.82, 2.24) is 9.55 Å². The molecule has 1 aromatic heterocycles. The first-order chi connectivity index (χ1) is 12.7. The molecule has 0 fully saturated rings. The number of amides is 2. The first kappa shape index (κ1) is 18.8. The third-order valence-electron chi connectivity index (χ3n) is 3.76. The smallest absolute Gasteiger partial charge is 0.308 e. The molecule has 0 unspecified atom stereocenters. The molecule has 3 rings (SSSR count). The summed E-state index contributed by atoms with van der Waals surface area (Å²) in [6.07, 6.45) is -1.42. The molecule has 0 radical (unpaired) electrons. The van der Waals surface area contributed by atoms with Gasteiger partial charge in [-0.2, -0.15) is 13.2 Å². The van der Waals surface area contributed by atoms with E-state index in [-0.39, 0.29) is 5.69 Å². The highest BCUT2D eigenvalue weighted by Crippen LogP contribution is 2.33. The number of nitrogens with zero attached hydrogens (tertiary/aromatic N) is 2. The first-order valence-electron chi connectivity index (χ1n) is 7.79. The lowest BCUT2D eigenvalue weighted by molar-refractivity contribution is -0.137. The second-order valence-electron chi connectivity index (χ2n) is 5.66. The van der Waals surface area contributed by atoms with E-state index in [0.717, 1.165) is 12.1 Å². The normalized spacial score (nSPS) is 11.3. The number of benzene rings is 2. The molecule has 0 aliphatic carbocycles. The molecule has 2 N–H and O–H groups in total. The van der Waals surface area contributed by atoms with Crippen LogP contribution < -0.4 is 10.6 Å². The molecule has 27 heavy (non-hydrogen) atoms. The number of urea groups is 1. The Morgan fingerprint density at radius 1 is 1.11 bits per heavy atom. The predicted molar refractivity (Wildman–Crippen MR) is 97.4 cm³/mol. The Bertz CT molecular complexity index is 967. The summed E-state index contributed by atoms with van der Waals surface area (Å²) in [4.78, 5) is 16.3. The summed E-state index contributed by atoms with van der Waals surface area (Å²) >= 11 is 5.79. The molecular formula is C18H14ClF3N4O. The van der Waals surface area contributed by atoms with E-state index >= 15 is 0 Å². The highest BCUT2D eigenvalue weighted by Gasteiger charge is 2.31. The van der Waals surface area contributed by atoms with E-state index in [9.17, 15) is 18.0 Å². The number of rotatable bonds is 3. The minimum atomic E-state index is -4.54. The first-order valence-corrected chi connectivity index (χ1v) is 8.17. The number of hydrogen-bond donors (Lipinski definition) is 2. The van der Waals surface area contributed by atoms with Crippen molar-refractivity contribution in [3.05, 3.63) is 71.3 Å². The Morgan fingerprint density at radius 3 is 2.41 bits per heavy atom. The molecule has 1 heterocycles. The van der Waals surface area contributed by atoms with Crippen LogP contribution >= 0.6 is 11.6 Å². The minimum absolute atomic E-state index is 0.00242. The maximum atomic E-state index is 13.1. The lowest BCUT2D eigenvalue weighted by Gasteiger charge is -2.16. The summed E-state index contributed by atoms with van der Waals surface area (Å²) in [5.41, 5.74) is -0.0586. The highest BCUT2D eigenvalue weighted by atomic mass is 35.5. The molecule has 0 saturated carbocycles. The maximum absolute atomic E-state index is 13.1. The number of alkyl halides is 3. The van der Waals surface area contributed by atoms with E-state index in [1.807, 2.05) is 0 Å². The third-order valence-corrected chi connectivity index (χ3v) is 4.01. The van der Waals surface area contributed by atoms with Crippen molar-refractivity contribution in [2.24, 2.45) is 0 Å². The third kappa shape index (κ3) is 4.40. The fourth-order valence-electron chi connectivity index (χ4n) is 2.47. The zero-order valence-electron chi connectivity index (χ0n) is 14.0. The monoisotopic (exact) mass is 394 g/mol. The summed E-state index contributed by atoms with van der Waals surface area (Å²) in [6.45, 7) is 1.70. The van der Waals surface area contributed by atoms with Crippen molar-refractivity contribution < 1.29 is 18.0 Å². The van der Waals surface area contributed by atoms with E-state index in [1.54, 1.807) is 42.0 Å². The number of carbonyl (C=O) groups excluding carboxylic acids is 1. The summed E-state index contributed by atoms with van der Waals surface area (Å²) in [5, 5.41) is 5.52. The SMILES string of the molecule is Cc1nccn1-c1ccc(C(F)(F)F)cc1NC(=O)Nc1ccc(Cl)cc1. The van der Waals surface area contributed by atoms with Gasteiger partial charge < -0.3 is 15.2 Å². The van der Waals surface area contributed by atoms with Gasteiger partial charge in [-0.25, -0.2) is 9.78 Å². The maximum Gasteiger partial charge on any atom is 0.416 e. The lowest BCUT2D eigenvalue weighted by Crippen LogP contribution is -2.21. The second kappa shape index (κ2) is 7.32. The predicted octanol–water partition coefficient (Wildman–Crippen LogP) is 5.50. The number of halogens is 4. The van der Waals surface area contributed by atoms with E-state index in [4.69, 9.17) is 11.6 Å². The summed E-state index contributed by atoms with van der Waals surface area (Å²) in [5.74, 6) is 0.566. The lowest BCUT2D eigenvalue weighted by atomic mass is 10.1. The minimum Gasteiger partial charge on any atom is -0.308 e. The van der Waals surface area contributed by atoms with Gasteiger partial charge in [0, 0.05) is 23.1 Å². The number of aryl methyl sites for hydroxylation is 1. The number of imidazole rings is 1. The molecule has 0 bridgehead atoms. The largest absolute Gasteiger partial charge is 0.416 e. The van der Waals surface area contributed by atoms with Crippen molar-refractivity contribution in [3.8, 4) is 5.69 Å². The summed E-state index contributed by atoms with van der Waals surface area (Å²) < 4.78 is 40.8. The molecule has 9 heteroatoms. The van der Waals surface area contributed by atoms with E-state index in [1.165, 1.54) is 12.3 Å². The summed E-state index contributed by atoms with van der Waals surface area (Å²) in [7, 11) is 0. The van der Waals surface area contributed by atoms with Gasteiger partial charge in [-0.1, -0.05) is 11.6 Å². The number of aromatic nitrogens is 2. The zero-order valence-corrected chi connectivity index (χ0v) is 14.8. The van der Waals surface area contributed by atoms with Crippen LogP contribution in [-0.4, -0.2) is 15.6 Å². The fraction of sp³-hybridized carbons (Fsp3) is 0.111. The van der Waals surface area contributed by atoms with Crippen LogP contribution in [0.5, 0.6) is 0 Å². The Kier molecular flexibility index (Phi) is 5.09. The van der Waals surface area contributed by atoms with Crippen LogP contribution in [0.2, 0.25) is 5.02 Å². The van der Waals surface area contributed by atoms with Gasteiger partial charge in [0.1, 0.15) is 5.82 Å². The van der Waals surface area contributed by atoms with Crippen LogP contribution in [0.15, 0.2) is 54.9 Å². The molecule has 3 aromatic rings. The van der Waals surface area contributed by atoms with Gasteiger partial charge in [-0.3, -0.25) is 0 Å². The molecule has 0 atom stereocenters. The van der Waals surface area contributed by atoms with Gasteiger partial charge in [0.15, 0.2) is 0 Å². The molecule has 0 aliphatic rings. The quantitative estimate of drug-likeness (QED) is 0.616. The number of hydrogen-bond acceptors (Lipinski definition) is 2. The number of nitrogens with one attached hydrogen (secondary N) is 2. The molecule has 2 amide bonds. The Labute approximate surface area is 157 Å². The second-order valence-corrected chi connectivity index (χ2v) is 6.10. The Hall–Kier alpha value is -3.00. The van der Waals surface area contributed by atoms with Crippen LogP contribution in [0.3, 0.4) is 0 Å². The van der Waals surface area contributed by atoms with E-state index in [0.29, 0.717) is 22.2 Å². The van der Waals surface area contributed by atoms with Crippen LogP contribution in [0.25, 0.3) is 5.69 Å². The van der Waals surface area contributed by atoms with E-state index < -0.39 is 17.8 Å². The Balaban J connectivity index is 1.92. The van der Waals surface area contributed by atoms with Gasteiger partial charge in [0.2, 0.25) is 0 Å². The average Bonchev–Trinajstić information content (AvgIpc) is 3.02. The van der Waals surface area contributed by atoms with Crippen LogP contribution in [0.1, 0.15) is 11.4 Å². The van der Waals surface area contributed by atoms with Crippen LogP contribution in [-0.2, 0) is 6.18 Å². The zero-order chi connectivity index (χ0) is 19.6. The van der Waals surface area contributed by atoms with Gasteiger partial charge in [0.05, 0.1) is 16.9 Å². The van der Waals surface area contributed by atoms with Crippen molar-refractivity contribution in [2.75, 3.05) is 10.6 Å². The topological polar surface area (TPSA) is 59.0 Å². The average molecular weight is 395 g/mol. The number of carbonyl (C=O) groups is 1. The molecular weight excluding hydrogens is 381 g/mol. The van der Waals surface area contributed by atoms with Gasteiger partial charge >= 0.3 is 12.2 Å². The summed E-state index contributed by atoms with van der Waals surface area (Å²) in [6, 6.07) is 8.77.